The maximum absolute atomic E-state index is 6.77. The van der Waals surface area contributed by atoms with Crippen molar-refractivity contribution in [3.8, 4) is 51.0 Å². The van der Waals surface area contributed by atoms with Gasteiger partial charge in [0.15, 0.2) is 17.5 Å². The molecule has 7 aromatic carbocycles. The Hall–Kier alpha value is -6.14. The van der Waals surface area contributed by atoms with Crippen molar-refractivity contribution in [2.45, 2.75) is 0 Å². The molecule has 0 aliphatic rings. The number of benzene rings is 7. The second-order valence-corrected chi connectivity index (χ2v) is 14.0. The van der Waals surface area contributed by atoms with Gasteiger partial charge in [0.05, 0.1) is 25.5 Å². The number of hydrogen-bond donors (Lipinski definition) is 0. The molecule has 0 unspecified atom stereocenters. The highest BCUT2D eigenvalue weighted by molar-refractivity contribution is 7.27. The molecule has 6 heteroatoms. The van der Waals surface area contributed by atoms with E-state index in [9.17, 15) is 0 Å². The number of rotatable bonds is 5. The van der Waals surface area contributed by atoms with Gasteiger partial charge < -0.3 is 4.57 Å². The highest BCUT2D eigenvalue weighted by Gasteiger charge is 2.23. The van der Waals surface area contributed by atoms with Crippen molar-refractivity contribution in [3.05, 3.63) is 169 Å². The molecule has 10 aromatic rings. The Labute approximate surface area is 302 Å². The van der Waals surface area contributed by atoms with Crippen LogP contribution in [0.4, 0.5) is 0 Å². The van der Waals surface area contributed by atoms with Crippen molar-refractivity contribution in [2.75, 3.05) is 0 Å². The second-order valence-electron chi connectivity index (χ2n) is 12.5. The van der Waals surface area contributed by atoms with E-state index >= 15 is 0 Å². The van der Waals surface area contributed by atoms with Gasteiger partial charge in [-0.2, -0.15) is 0 Å². The largest absolute Gasteiger partial charge is 0.307 e. The van der Waals surface area contributed by atoms with Crippen LogP contribution in [0.2, 0.25) is 5.02 Å². The van der Waals surface area contributed by atoms with Crippen LogP contribution < -0.4 is 0 Å². The molecule has 0 N–H and O–H groups in total. The minimum Gasteiger partial charge on any atom is -0.307 e. The van der Waals surface area contributed by atoms with Gasteiger partial charge >= 0.3 is 0 Å². The molecule has 4 nitrogen and oxygen atoms in total. The van der Waals surface area contributed by atoms with Crippen molar-refractivity contribution in [2.24, 2.45) is 0 Å². The first-order valence-corrected chi connectivity index (χ1v) is 18.0. The molecule has 0 amide bonds. The summed E-state index contributed by atoms with van der Waals surface area (Å²) in [5.41, 5.74) is 8.36. The van der Waals surface area contributed by atoms with Crippen LogP contribution in [0.25, 0.3) is 93.0 Å². The Balaban J connectivity index is 1.26. The summed E-state index contributed by atoms with van der Waals surface area (Å²) in [5, 5.41) is 5.43. The van der Waals surface area contributed by atoms with Crippen LogP contribution >= 0.6 is 22.9 Å². The van der Waals surface area contributed by atoms with E-state index in [1.165, 1.54) is 26.4 Å². The van der Waals surface area contributed by atoms with Gasteiger partial charge in [0.2, 0.25) is 0 Å². The van der Waals surface area contributed by atoms with Crippen LogP contribution in [0, 0.1) is 0 Å². The summed E-state index contributed by atoms with van der Waals surface area (Å²) in [4.78, 5) is 15.4. The number of aromatic nitrogens is 4. The average Bonchev–Trinajstić information content (AvgIpc) is 3.76. The molecule has 0 atom stereocenters. The monoisotopic (exact) mass is 690 g/mol. The fourth-order valence-electron chi connectivity index (χ4n) is 7.17. The summed E-state index contributed by atoms with van der Waals surface area (Å²) in [6, 6.07) is 56.7. The second kappa shape index (κ2) is 12.0. The summed E-state index contributed by atoms with van der Waals surface area (Å²) < 4.78 is 4.67. The average molecular weight is 691 g/mol. The lowest BCUT2D eigenvalue weighted by atomic mass is 10.0. The summed E-state index contributed by atoms with van der Waals surface area (Å²) in [7, 11) is 0. The molecule has 0 fully saturated rings. The van der Waals surface area contributed by atoms with Crippen LogP contribution in [-0.4, -0.2) is 19.5 Å². The van der Waals surface area contributed by atoms with Gasteiger partial charge in [-0.3, -0.25) is 0 Å². The number of halogens is 1. The van der Waals surface area contributed by atoms with E-state index in [2.05, 4.69) is 120 Å². The standard InChI is InChI=1S/C45H27ClN4S/c46-38-21-11-19-35-36-27-26-34-33-18-10-20-37(39(33)50(32-16-8-3-9-17-32)40(34)42(36)51-41(35)38)45-48-43(30-14-6-2-7-15-30)47-44(49-45)31-24-22-29(23-25-31)28-12-4-1-5-13-28/h1-27H. The maximum atomic E-state index is 6.77. The number of fused-ring (bicyclic) bond motifs is 7. The van der Waals surface area contributed by atoms with Gasteiger partial charge in [-0.15, -0.1) is 11.3 Å². The van der Waals surface area contributed by atoms with Crippen molar-refractivity contribution in [1.82, 2.24) is 19.5 Å². The van der Waals surface area contributed by atoms with Gasteiger partial charge in [-0.25, -0.2) is 15.0 Å². The van der Waals surface area contributed by atoms with Crippen LogP contribution in [0.15, 0.2) is 164 Å². The van der Waals surface area contributed by atoms with Crippen LogP contribution in [0.1, 0.15) is 0 Å². The highest BCUT2D eigenvalue weighted by Crippen LogP contribution is 2.46. The number of nitrogens with zero attached hydrogens (tertiary/aromatic N) is 4. The first-order valence-electron chi connectivity index (χ1n) is 16.8. The topological polar surface area (TPSA) is 43.6 Å². The Morgan fingerprint density at radius 2 is 0.902 bits per heavy atom. The Kier molecular flexibility index (Phi) is 7.01. The van der Waals surface area contributed by atoms with Crippen molar-refractivity contribution in [3.63, 3.8) is 0 Å². The molecule has 240 valence electrons. The zero-order valence-electron chi connectivity index (χ0n) is 27.2. The first kappa shape index (κ1) is 29.7. The smallest absolute Gasteiger partial charge is 0.166 e. The molecule has 0 saturated carbocycles. The Morgan fingerprint density at radius 3 is 1.63 bits per heavy atom. The summed E-state index contributed by atoms with van der Waals surface area (Å²) in [5.74, 6) is 1.87. The predicted octanol–water partition coefficient (Wildman–Crippen LogP) is 12.7. The van der Waals surface area contributed by atoms with Crippen LogP contribution in [0.3, 0.4) is 0 Å². The van der Waals surface area contributed by atoms with E-state index in [4.69, 9.17) is 26.6 Å². The molecule has 0 aliphatic heterocycles. The first-order chi connectivity index (χ1) is 25.2. The fraction of sp³-hybridized carbons (Fsp3) is 0. The van der Waals surface area contributed by atoms with E-state index in [1.807, 2.05) is 48.5 Å². The maximum Gasteiger partial charge on any atom is 0.166 e. The molecule has 0 spiro atoms. The quantitative estimate of drug-likeness (QED) is 0.180. The lowest BCUT2D eigenvalue weighted by molar-refractivity contribution is 1.07. The molecule has 0 radical (unpaired) electrons. The van der Waals surface area contributed by atoms with Crippen molar-refractivity contribution in [1.29, 1.82) is 0 Å². The van der Waals surface area contributed by atoms with Crippen molar-refractivity contribution < 1.29 is 0 Å². The normalized spacial score (nSPS) is 11.6. The molecule has 3 heterocycles. The molecular formula is C45H27ClN4S. The van der Waals surface area contributed by atoms with E-state index in [0.717, 1.165) is 54.1 Å². The molecular weight excluding hydrogens is 664 g/mol. The van der Waals surface area contributed by atoms with Gasteiger partial charge in [0.1, 0.15) is 0 Å². The van der Waals surface area contributed by atoms with Gasteiger partial charge in [-0.1, -0.05) is 151 Å². The van der Waals surface area contributed by atoms with Crippen LogP contribution in [0.5, 0.6) is 0 Å². The summed E-state index contributed by atoms with van der Waals surface area (Å²) in [6.45, 7) is 0. The number of thiophene rings is 1. The third kappa shape index (κ3) is 4.93. The predicted molar refractivity (Wildman–Crippen MR) is 214 cm³/mol. The fourth-order valence-corrected chi connectivity index (χ4v) is 8.70. The van der Waals surface area contributed by atoms with Gasteiger partial charge in [0.25, 0.3) is 0 Å². The molecule has 10 rings (SSSR count). The molecule has 0 saturated heterocycles. The minimum absolute atomic E-state index is 0.618. The Bertz CT molecular complexity index is 2900. The van der Waals surface area contributed by atoms with Gasteiger partial charge in [0, 0.05) is 43.9 Å². The molecule has 3 aromatic heterocycles. The molecule has 0 aliphatic carbocycles. The SMILES string of the molecule is Clc1cccc2c1sc1c2ccc2c3cccc(-c4nc(-c5ccccc5)nc(-c5ccc(-c6ccccc6)cc5)n4)c3n(-c3ccccc3)c21. The third-order valence-electron chi connectivity index (χ3n) is 9.54. The lowest BCUT2D eigenvalue weighted by Gasteiger charge is -2.13. The van der Waals surface area contributed by atoms with Crippen molar-refractivity contribution >= 4 is 64.9 Å². The van der Waals surface area contributed by atoms with E-state index in [0.29, 0.717) is 17.5 Å². The highest BCUT2D eigenvalue weighted by atomic mass is 35.5. The summed E-state index contributed by atoms with van der Waals surface area (Å²) in [6.07, 6.45) is 0. The van der Waals surface area contributed by atoms with E-state index in [1.54, 1.807) is 11.3 Å². The molecule has 0 bridgehead atoms. The summed E-state index contributed by atoms with van der Waals surface area (Å²) >= 11 is 8.52. The zero-order chi connectivity index (χ0) is 33.9. The van der Waals surface area contributed by atoms with E-state index < -0.39 is 0 Å². The zero-order valence-corrected chi connectivity index (χ0v) is 28.7. The minimum atomic E-state index is 0.618. The van der Waals surface area contributed by atoms with E-state index in [-0.39, 0.29) is 0 Å². The molecule has 51 heavy (non-hydrogen) atoms. The third-order valence-corrected chi connectivity index (χ3v) is 11.2. The number of para-hydroxylation sites is 2. The lowest BCUT2D eigenvalue weighted by Crippen LogP contribution is -2.02. The van der Waals surface area contributed by atoms with Crippen LogP contribution in [-0.2, 0) is 0 Å². The number of hydrogen-bond acceptors (Lipinski definition) is 4. The van der Waals surface area contributed by atoms with Gasteiger partial charge in [-0.05, 0) is 35.4 Å². The Morgan fingerprint density at radius 1 is 0.392 bits per heavy atom.